The first-order chi connectivity index (χ1) is 35.2. The highest BCUT2D eigenvalue weighted by molar-refractivity contribution is 6.30. The molecule has 2 heterocycles. The molecule has 3 nitrogen and oxygen atoms in total. The van der Waals surface area contributed by atoms with Crippen molar-refractivity contribution < 1.29 is 8.83 Å². The summed E-state index contributed by atoms with van der Waals surface area (Å²) in [7, 11) is 0. The van der Waals surface area contributed by atoms with Gasteiger partial charge in [-0.25, -0.2) is 0 Å². The molecule has 0 radical (unpaired) electrons. The molecule has 71 heavy (non-hydrogen) atoms. The van der Waals surface area contributed by atoms with E-state index in [1.165, 1.54) is 27.1 Å². The van der Waals surface area contributed by atoms with E-state index < -0.39 is 0 Å². The van der Waals surface area contributed by atoms with E-state index in [0.29, 0.717) is 0 Å². The summed E-state index contributed by atoms with van der Waals surface area (Å²) < 4.78 is 14.3. The molecule has 2 aromatic heterocycles. The van der Waals surface area contributed by atoms with Crippen molar-refractivity contribution in [2.75, 3.05) is 4.90 Å². The molecule has 0 saturated heterocycles. The SMILES string of the molecule is c1ccc(-c2ccc(N(c3cccc(-c4c(-c5ccccc5)oc5c6ccccc6c6ccccc6c45)c3)c3cccc(-c4c(-c5ccccc5)oc5c6ccccc6c6ccccc6c45)c3)cc2)cc1. The predicted octanol–water partition coefficient (Wildman–Crippen LogP) is 19.6. The van der Waals surface area contributed by atoms with Crippen molar-refractivity contribution in [2.45, 2.75) is 0 Å². The maximum atomic E-state index is 7.16. The van der Waals surface area contributed by atoms with Crippen LogP contribution in [0.25, 0.3) is 121 Å². The van der Waals surface area contributed by atoms with Crippen molar-refractivity contribution in [3.8, 4) is 56.0 Å². The van der Waals surface area contributed by atoms with Crippen LogP contribution in [0.2, 0.25) is 0 Å². The average molecular weight is 906 g/mol. The Morgan fingerprint density at radius 3 is 0.972 bits per heavy atom. The lowest BCUT2D eigenvalue weighted by Gasteiger charge is -2.27. The second-order valence-corrected chi connectivity index (χ2v) is 18.3. The Morgan fingerprint density at radius 1 is 0.225 bits per heavy atom. The number of rotatable bonds is 8. The number of benzene rings is 12. The van der Waals surface area contributed by atoms with E-state index in [9.17, 15) is 0 Å². The number of nitrogens with zero attached hydrogens (tertiary/aromatic N) is 1. The van der Waals surface area contributed by atoms with Crippen LogP contribution in [-0.4, -0.2) is 0 Å². The molecule has 0 aliphatic heterocycles. The normalized spacial score (nSPS) is 11.7. The van der Waals surface area contributed by atoms with Gasteiger partial charge in [0.05, 0.1) is 0 Å². The van der Waals surface area contributed by atoms with Gasteiger partial charge in [0.2, 0.25) is 0 Å². The van der Waals surface area contributed by atoms with Gasteiger partial charge >= 0.3 is 0 Å². The highest BCUT2D eigenvalue weighted by atomic mass is 16.3. The fourth-order valence-corrected chi connectivity index (χ4v) is 11.1. The standard InChI is InChI=1S/C68H43NO2/c1-4-20-44(21-5-1)45-38-40-50(41-39-45)69(51-28-18-26-48(42-51)61-63-57-34-14-10-30-53(57)55-32-12-16-36-59(55)67(63)70-65(61)46-22-6-2-7-23-46)52-29-19-27-49(43-52)62-64-58-35-15-11-31-54(58)56-33-13-17-37-60(56)68(64)71-66(62)47-24-8-3-9-25-47/h1-43H. The lowest BCUT2D eigenvalue weighted by molar-refractivity contribution is 0.635. The summed E-state index contributed by atoms with van der Waals surface area (Å²) in [5, 5.41) is 11.5. The van der Waals surface area contributed by atoms with Crippen molar-refractivity contribution >= 4 is 82.1 Å². The Labute approximate surface area is 410 Å². The monoisotopic (exact) mass is 905 g/mol. The van der Waals surface area contributed by atoms with E-state index in [2.05, 4.69) is 266 Å². The quantitative estimate of drug-likeness (QED) is 0.142. The maximum absolute atomic E-state index is 7.16. The molecule has 332 valence electrons. The van der Waals surface area contributed by atoms with Crippen molar-refractivity contribution in [1.29, 1.82) is 0 Å². The number of hydrogen-bond donors (Lipinski definition) is 0. The summed E-state index contributed by atoms with van der Waals surface area (Å²) in [6.07, 6.45) is 0. The van der Waals surface area contributed by atoms with E-state index in [0.717, 1.165) is 111 Å². The Kier molecular flexibility index (Phi) is 9.53. The Hall–Kier alpha value is -9.44. The highest BCUT2D eigenvalue weighted by Gasteiger charge is 2.26. The zero-order valence-corrected chi connectivity index (χ0v) is 38.6. The van der Waals surface area contributed by atoms with Crippen molar-refractivity contribution in [2.24, 2.45) is 0 Å². The van der Waals surface area contributed by atoms with Crippen LogP contribution in [0, 0.1) is 0 Å². The Morgan fingerprint density at radius 2 is 0.549 bits per heavy atom. The molecule has 14 rings (SSSR count). The Bertz CT molecular complexity index is 4080. The number of fused-ring (bicyclic) bond motifs is 12. The number of anilines is 3. The summed E-state index contributed by atoms with van der Waals surface area (Å²) in [6.45, 7) is 0. The number of hydrogen-bond acceptors (Lipinski definition) is 3. The molecule has 3 heteroatoms. The second kappa shape index (κ2) is 16.7. The average Bonchev–Trinajstić information content (AvgIpc) is 4.06. The minimum atomic E-state index is 0.847. The molecular weight excluding hydrogens is 863 g/mol. The molecule has 0 spiro atoms. The van der Waals surface area contributed by atoms with Crippen LogP contribution < -0.4 is 4.90 Å². The lowest BCUT2D eigenvalue weighted by atomic mass is 9.92. The van der Waals surface area contributed by atoms with Crippen LogP contribution in [0.5, 0.6) is 0 Å². The summed E-state index contributed by atoms with van der Waals surface area (Å²) in [4.78, 5) is 2.39. The van der Waals surface area contributed by atoms with Crippen LogP contribution in [0.15, 0.2) is 270 Å². The highest BCUT2D eigenvalue weighted by Crippen LogP contribution is 2.51. The topological polar surface area (TPSA) is 29.5 Å². The van der Waals surface area contributed by atoms with Gasteiger partial charge in [0.25, 0.3) is 0 Å². The van der Waals surface area contributed by atoms with E-state index in [4.69, 9.17) is 8.83 Å². The first kappa shape index (κ1) is 40.6. The van der Waals surface area contributed by atoms with Gasteiger partial charge in [-0.3, -0.25) is 0 Å². The maximum Gasteiger partial charge on any atom is 0.143 e. The van der Waals surface area contributed by atoms with Gasteiger partial charge in [0.1, 0.15) is 22.7 Å². The molecule has 0 atom stereocenters. The minimum absolute atomic E-state index is 0.847. The molecule has 0 aliphatic rings. The van der Waals surface area contributed by atoms with Gasteiger partial charge in [-0.05, 0) is 91.0 Å². The first-order valence-electron chi connectivity index (χ1n) is 24.2. The summed E-state index contributed by atoms with van der Waals surface area (Å²) in [5.74, 6) is 1.69. The smallest absolute Gasteiger partial charge is 0.143 e. The van der Waals surface area contributed by atoms with Crippen molar-refractivity contribution in [1.82, 2.24) is 0 Å². The van der Waals surface area contributed by atoms with Gasteiger partial charge in [-0.1, -0.05) is 224 Å². The van der Waals surface area contributed by atoms with E-state index >= 15 is 0 Å². The van der Waals surface area contributed by atoms with E-state index in [1.807, 2.05) is 0 Å². The molecule has 12 aromatic carbocycles. The van der Waals surface area contributed by atoms with Crippen LogP contribution >= 0.6 is 0 Å². The van der Waals surface area contributed by atoms with Crippen molar-refractivity contribution in [3.05, 3.63) is 261 Å². The van der Waals surface area contributed by atoms with Crippen LogP contribution in [0.3, 0.4) is 0 Å². The zero-order valence-electron chi connectivity index (χ0n) is 38.6. The molecule has 0 bridgehead atoms. The summed E-state index contributed by atoms with van der Waals surface area (Å²) in [6, 6.07) is 93.3. The third kappa shape index (κ3) is 6.66. The predicted molar refractivity (Wildman–Crippen MR) is 298 cm³/mol. The summed E-state index contributed by atoms with van der Waals surface area (Å²) in [5.41, 5.74) is 13.5. The fourth-order valence-electron chi connectivity index (χ4n) is 11.1. The lowest BCUT2D eigenvalue weighted by Crippen LogP contribution is -2.10. The molecule has 0 amide bonds. The Balaban J connectivity index is 1.02. The largest absolute Gasteiger partial charge is 0.455 e. The zero-order chi connectivity index (χ0) is 46.8. The molecule has 0 unspecified atom stereocenters. The molecular formula is C68H43NO2. The van der Waals surface area contributed by atoms with Gasteiger partial charge < -0.3 is 13.7 Å². The minimum Gasteiger partial charge on any atom is -0.455 e. The van der Waals surface area contributed by atoms with Gasteiger partial charge in [0, 0.05) is 60.9 Å². The van der Waals surface area contributed by atoms with Gasteiger partial charge in [-0.2, -0.15) is 0 Å². The number of furan rings is 2. The third-order valence-corrected chi connectivity index (χ3v) is 14.2. The molecule has 0 N–H and O–H groups in total. The molecule has 14 aromatic rings. The molecule has 0 saturated carbocycles. The second-order valence-electron chi connectivity index (χ2n) is 18.3. The first-order valence-corrected chi connectivity index (χ1v) is 24.2. The fraction of sp³-hybridized carbons (Fsp3) is 0. The van der Waals surface area contributed by atoms with Gasteiger partial charge in [0.15, 0.2) is 0 Å². The molecule has 0 fully saturated rings. The van der Waals surface area contributed by atoms with Gasteiger partial charge in [-0.15, -0.1) is 0 Å². The summed E-state index contributed by atoms with van der Waals surface area (Å²) >= 11 is 0. The van der Waals surface area contributed by atoms with Crippen LogP contribution in [0.1, 0.15) is 0 Å². The van der Waals surface area contributed by atoms with E-state index in [1.54, 1.807) is 0 Å². The third-order valence-electron chi connectivity index (χ3n) is 14.2. The molecule has 0 aliphatic carbocycles. The van der Waals surface area contributed by atoms with Crippen LogP contribution in [0.4, 0.5) is 17.1 Å². The van der Waals surface area contributed by atoms with E-state index in [-0.39, 0.29) is 0 Å². The van der Waals surface area contributed by atoms with Crippen LogP contribution in [-0.2, 0) is 0 Å². The van der Waals surface area contributed by atoms with Crippen molar-refractivity contribution in [3.63, 3.8) is 0 Å².